The predicted octanol–water partition coefficient (Wildman–Crippen LogP) is 5.57. The van der Waals surface area contributed by atoms with E-state index in [1.807, 2.05) is 24.3 Å². The van der Waals surface area contributed by atoms with Gasteiger partial charge in [0.2, 0.25) is 5.91 Å². The van der Waals surface area contributed by atoms with Crippen molar-refractivity contribution in [2.24, 2.45) is 11.3 Å². The fraction of sp³-hybridized carbons (Fsp3) is 0.400. The molecule has 31 heavy (non-hydrogen) atoms. The monoisotopic (exact) mass is 433 g/mol. The molecule has 0 aliphatic heterocycles. The van der Waals surface area contributed by atoms with Crippen LogP contribution in [-0.4, -0.2) is 16.8 Å². The molecular formula is C25H27N3O2S. The van der Waals surface area contributed by atoms with E-state index >= 15 is 0 Å². The minimum absolute atomic E-state index is 0.0906. The van der Waals surface area contributed by atoms with Gasteiger partial charge in [-0.2, -0.15) is 5.26 Å². The average molecular weight is 434 g/mol. The predicted molar refractivity (Wildman–Crippen MR) is 125 cm³/mol. The fourth-order valence-electron chi connectivity index (χ4n) is 4.57. The van der Waals surface area contributed by atoms with Crippen LogP contribution < -0.4 is 5.32 Å². The Morgan fingerprint density at radius 1 is 1.39 bits per heavy atom. The zero-order chi connectivity index (χ0) is 22.2. The van der Waals surface area contributed by atoms with Gasteiger partial charge in [0, 0.05) is 27.5 Å². The van der Waals surface area contributed by atoms with Crippen molar-refractivity contribution < 1.29 is 9.59 Å². The molecule has 1 N–H and O–H groups in total. The van der Waals surface area contributed by atoms with Gasteiger partial charge in [0.15, 0.2) is 6.29 Å². The molecule has 0 radical (unpaired) electrons. The smallest absolute Gasteiger partial charge is 0.244 e. The van der Waals surface area contributed by atoms with Gasteiger partial charge in [-0.1, -0.05) is 45.4 Å². The first-order valence-electron chi connectivity index (χ1n) is 10.8. The molecule has 0 spiro atoms. The standard InChI is InChI=1S/C25H27N3O2S/c1-4-25(2,3)17-9-10-19-20(12-26)24(31-22(19)11-17)27-23(30)14-28-13-16(15-29)18-7-5-6-8-21(18)28/h5-8,13,15,17H,4,9-11,14H2,1-3H3,(H,27,30)/t17-/m1/s1. The Hall–Kier alpha value is -2.91. The van der Waals surface area contributed by atoms with Crippen LogP contribution in [0.3, 0.4) is 0 Å². The maximum Gasteiger partial charge on any atom is 0.244 e. The first-order chi connectivity index (χ1) is 14.9. The van der Waals surface area contributed by atoms with Gasteiger partial charge in [-0.05, 0) is 42.2 Å². The highest BCUT2D eigenvalue weighted by Gasteiger charge is 2.34. The second-order valence-electron chi connectivity index (χ2n) is 9.00. The number of amides is 1. The van der Waals surface area contributed by atoms with Crippen LogP contribution in [0.15, 0.2) is 30.5 Å². The Balaban J connectivity index is 1.56. The summed E-state index contributed by atoms with van der Waals surface area (Å²) in [6.45, 7) is 6.96. The number of anilines is 1. The first kappa shape index (κ1) is 21.3. The van der Waals surface area contributed by atoms with Gasteiger partial charge < -0.3 is 9.88 Å². The Morgan fingerprint density at radius 2 is 2.16 bits per heavy atom. The van der Waals surface area contributed by atoms with Gasteiger partial charge in [-0.25, -0.2) is 0 Å². The van der Waals surface area contributed by atoms with E-state index < -0.39 is 0 Å². The fourth-order valence-corrected chi connectivity index (χ4v) is 5.86. The van der Waals surface area contributed by atoms with Crippen molar-refractivity contribution in [1.29, 1.82) is 5.26 Å². The lowest BCUT2D eigenvalue weighted by Crippen LogP contribution is -2.28. The number of carbonyl (C=O) groups is 2. The number of nitriles is 1. The number of nitrogens with zero attached hydrogens (tertiary/aromatic N) is 2. The highest BCUT2D eigenvalue weighted by molar-refractivity contribution is 7.16. The summed E-state index contributed by atoms with van der Waals surface area (Å²) in [6, 6.07) is 9.87. The number of para-hydroxylation sites is 1. The number of aromatic nitrogens is 1. The lowest BCUT2D eigenvalue weighted by Gasteiger charge is -2.36. The van der Waals surface area contributed by atoms with Crippen molar-refractivity contribution in [3.63, 3.8) is 0 Å². The molecule has 3 aromatic rings. The minimum atomic E-state index is -0.196. The number of fused-ring (bicyclic) bond motifs is 2. The van der Waals surface area contributed by atoms with Crippen LogP contribution in [-0.2, 0) is 24.2 Å². The van der Waals surface area contributed by atoms with Crippen molar-refractivity contribution in [1.82, 2.24) is 4.57 Å². The Kier molecular flexibility index (Phi) is 5.72. The molecule has 0 saturated heterocycles. The van der Waals surface area contributed by atoms with Crippen LogP contribution in [0.25, 0.3) is 10.9 Å². The van der Waals surface area contributed by atoms with Crippen LogP contribution in [0.4, 0.5) is 5.00 Å². The number of hydrogen-bond donors (Lipinski definition) is 1. The molecule has 160 valence electrons. The summed E-state index contributed by atoms with van der Waals surface area (Å²) in [5, 5.41) is 14.2. The molecule has 1 atom stereocenters. The molecule has 0 bridgehead atoms. The van der Waals surface area contributed by atoms with Crippen LogP contribution in [0, 0.1) is 22.7 Å². The zero-order valence-electron chi connectivity index (χ0n) is 18.2. The molecule has 5 nitrogen and oxygen atoms in total. The minimum Gasteiger partial charge on any atom is -0.337 e. The number of rotatable bonds is 6. The molecule has 2 heterocycles. The molecule has 0 fully saturated rings. The van der Waals surface area contributed by atoms with Gasteiger partial charge in [0.05, 0.1) is 5.56 Å². The molecule has 1 aliphatic carbocycles. The Bertz CT molecular complexity index is 1200. The topological polar surface area (TPSA) is 74.9 Å². The van der Waals surface area contributed by atoms with Gasteiger partial charge in [-0.15, -0.1) is 11.3 Å². The summed E-state index contributed by atoms with van der Waals surface area (Å²) in [4.78, 5) is 25.5. The van der Waals surface area contributed by atoms with E-state index in [0.717, 1.165) is 48.4 Å². The molecule has 1 aromatic carbocycles. The molecular weight excluding hydrogens is 406 g/mol. The summed E-state index contributed by atoms with van der Waals surface area (Å²) in [7, 11) is 0. The SMILES string of the molecule is CCC(C)(C)[C@@H]1CCc2c(sc(NC(=O)Cn3cc(C=O)c4ccccc43)c2C#N)C1. The summed E-state index contributed by atoms with van der Waals surface area (Å²) in [5.41, 5.74) is 3.41. The number of nitrogens with one attached hydrogen (secondary N) is 1. The van der Waals surface area contributed by atoms with Crippen LogP contribution in [0.2, 0.25) is 0 Å². The molecule has 1 amide bonds. The van der Waals surface area contributed by atoms with Crippen LogP contribution in [0.5, 0.6) is 0 Å². The lowest BCUT2D eigenvalue weighted by atomic mass is 9.69. The molecule has 0 unspecified atom stereocenters. The van der Waals surface area contributed by atoms with Crippen molar-refractivity contribution in [3.05, 3.63) is 52.0 Å². The maximum atomic E-state index is 12.9. The summed E-state index contributed by atoms with van der Waals surface area (Å²) in [6.07, 6.45) is 6.59. The quantitative estimate of drug-likeness (QED) is 0.517. The third-order valence-corrected chi connectivity index (χ3v) is 8.08. The number of aldehydes is 1. The normalized spacial score (nSPS) is 16.0. The molecule has 6 heteroatoms. The van der Waals surface area contributed by atoms with Crippen molar-refractivity contribution in [2.45, 2.75) is 53.0 Å². The average Bonchev–Trinajstić information content (AvgIpc) is 3.30. The van der Waals surface area contributed by atoms with E-state index in [-0.39, 0.29) is 17.9 Å². The second kappa shape index (κ2) is 8.32. The number of thiophene rings is 1. The van der Waals surface area contributed by atoms with Crippen LogP contribution >= 0.6 is 11.3 Å². The van der Waals surface area contributed by atoms with Gasteiger partial charge in [0.25, 0.3) is 0 Å². The highest BCUT2D eigenvalue weighted by atomic mass is 32.1. The van der Waals surface area contributed by atoms with E-state index in [0.29, 0.717) is 22.0 Å². The molecule has 1 aliphatic rings. The van der Waals surface area contributed by atoms with E-state index in [2.05, 4.69) is 32.2 Å². The van der Waals surface area contributed by atoms with E-state index in [4.69, 9.17) is 0 Å². The molecule has 4 rings (SSSR count). The Labute approximate surface area is 186 Å². The van der Waals surface area contributed by atoms with E-state index in [1.54, 1.807) is 22.1 Å². The number of benzene rings is 1. The van der Waals surface area contributed by atoms with Crippen LogP contribution in [0.1, 0.15) is 60.0 Å². The second-order valence-corrected chi connectivity index (χ2v) is 10.1. The number of hydrogen-bond acceptors (Lipinski definition) is 4. The van der Waals surface area contributed by atoms with E-state index in [9.17, 15) is 14.9 Å². The van der Waals surface area contributed by atoms with Gasteiger partial charge >= 0.3 is 0 Å². The molecule has 0 saturated carbocycles. The zero-order valence-corrected chi connectivity index (χ0v) is 19.0. The van der Waals surface area contributed by atoms with Gasteiger partial charge in [-0.3, -0.25) is 9.59 Å². The third kappa shape index (κ3) is 3.90. The third-order valence-electron chi connectivity index (χ3n) is 6.91. The summed E-state index contributed by atoms with van der Waals surface area (Å²) < 4.78 is 1.79. The number of carbonyl (C=O) groups excluding carboxylic acids is 2. The summed E-state index contributed by atoms with van der Waals surface area (Å²) >= 11 is 1.55. The van der Waals surface area contributed by atoms with Crippen molar-refractivity contribution >= 4 is 39.4 Å². The summed E-state index contributed by atoms with van der Waals surface area (Å²) in [5.74, 6) is 0.394. The van der Waals surface area contributed by atoms with Crippen molar-refractivity contribution in [3.8, 4) is 6.07 Å². The highest BCUT2D eigenvalue weighted by Crippen LogP contribution is 2.45. The first-order valence-corrected chi connectivity index (χ1v) is 11.6. The maximum absolute atomic E-state index is 12.9. The largest absolute Gasteiger partial charge is 0.337 e. The van der Waals surface area contributed by atoms with Gasteiger partial charge in [0.1, 0.15) is 17.6 Å². The Morgan fingerprint density at radius 3 is 2.87 bits per heavy atom. The lowest BCUT2D eigenvalue weighted by molar-refractivity contribution is -0.116. The van der Waals surface area contributed by atoms with E-state index in [1.165, 1.54) is 4.88 Å². The molecule has 2 aromatic heterocycles. The van der Waals surface area contributed by atoms with Crippen molar-refractivity contribution in [2.75, 3.05) is 5.32 Å².